The number of aromatic nitrogens is 2. The minimum atomic E-state index is -0.395. The molecule has 1 heterocycles. The lowest BCUT2D eigenvalue weighted by Crippen LogP contribution is -2.28. The summed E-state index contributed by atoms with van der Waals surface area (Å²) in [6, 6.07) is 7.63. The molecule has 1 aromatic carbocycles. The van der Waals surface area contributed by atoms with Gasteiger partial charge in [-0.05, 0) is 38.8 Å². The van der Waals surface area contributed by atoms with Gasteiger partial charge in [0, 0.05) is 22.3 Å². The van der Waals surface area contributed by atoms with Crippen LogP contribution in [0.15, 0.2) is 29.1 Å². The molecule has 1 aliphatic carbocycles. The van der Waals surface area contributed by atoms with E-state index in [4.69, 9.17) is 16.3 Å². The molecular formula is C17H19ClN2O3. The van der Waals surface area contributed by atoms with Crippen molar-refractivity contribution in [2.24, 2.45) is 0 Å². The van der Waals surface area contributed by atoms with Crippen molar-refractivity contribution in [1.29, 1.82) is 0 Å². The Labute approximate surface area is 139 Å². The molecule has 0 amide bonds. The topological polar surface area (TPSA) is 53.2 Å². The Hall–Kier alpha value is -2.01. The molecule has 0 atom stereocenters. The fourth-order valence-corrected chi connectivity index (χ4v) is 2.95. The van der Waals surface area contributed by atoms with E-state index in [1.165, 1.54) is 4.57 Å². The van der Waals surface area contributed by atoms with Crippen LogP contribution in [0.2, 0.25) is 5.02 Å². The molecule has 23 heavy (non-hydrogen) atoms. The summed E-state index contributed by atoms with van der Waals surface area (Å²) in [5, 5.41) is 0.651. The van der Waals surface area contributed by atoms with Gasteiger partial charge in [-0.25, -0.2) is 4.79 Å². The third-order valence-electron chi connectivity index (χ3n) is 4.05. The highest BCUT2D eigenvalue weighted by molar-refractivity contribution is 6.30. The molecule has 1 aromatic heterocycles. The van der Waals surface area contributed by atoms with Crippen molar-refractivity contribution in [3.8, 4) is 11.3 Å². The zero-order chi connectivity index (χ0) is 16.6. The van der Waals surface area contributed by atoms with Crippen LogP contribution in [0.4, 0.5) is 0 Å². The highest BCUT2D eigenvalue weighted by Gasteiger charge is 2.31. The van der Waals surface area contributed by atoms with Gasteiger partial charge in [0.15, 0.2) is 0 Å². The molecular weight excluding hydrogens is 316 g/mol. The van der Waals surface area contributed by atoms with Gasteiger partial charge in [0.05, 0.1) is 12.3 Å². The van der Waals surface area contributed by atoms with Gasteiger partial charge >= 0.3 is 11.7 Å². The Balaban J connectivity index is 2.09. The van der Waals surface area contributed by atoms with Gasteiger partial charge in [-0.1, -0.05) is 23.7 Å². The molecule has 0 radical (unpaired) electrons. The van der Waals surface area contributed by atoms with E-state index in [-0.39, 0.29) is 18.3 Å². The van der Waals surface area contributed by atoms with E-state index in [2.05, 4.69) is 0 Å². The molecule has 3 rings (SSSR count). The second kappa shape index (κ2) is 6.24. The molecule has 0 spiro atoms. The first-order valence-corrected chi connectivity index (χ1v) is 8.14. The minimum Gasteiger partial charge on any atom is -0.465 e. The summed E-state index contributed by atoms with van der Waals surface area (Å²) in [6.45, 7) is 3.87. The van der Waals surface area contributed by atoms with Crippen molar-refractivity contribution in [2.45, 2.75) is 39.3 Å². The number of esters is 1. The molecule has 1 aliphatic rings. The van der Waals surface area contributed by atoms with Crippen LogP contribution in [-0.4, -0.2) is 21.7 Å². The number of ether oxygens (including phenoxy) is 1. The van der Waals surface area contributed by atoms with Crippen LogP contribution in [0.1, 0.15) is 31.5 Å². The van der Waals surface area contributed by atoms with E-state index in [0.29, 0.717) is 11.6 Å². The monoisotopic (exact) mass is 334 g/mol. The fraction of sp³-hybridized carbons (Fsp3) is 0.412. The number of hydrogen-bond donors (Lipinski definition) is 0. The average Bonchev–Trinajstić information content (AvgIpc) is 3.31. The van der Waals surface area contributed by atoms with E-state index in [0.717, 1.165) is 29.8 Å². The maximum absolute atomic E-state index is 12.8. The lowest BCUT2D eigenvalue weighted by Gasteiger charge is -2.07. The van der Waals surface area contributed by atoms with E-state index in [9.17, 15) is 9.59 Å². The third-order valence-corrected chi connectivity index (χ3v) is 4.30. The Kier molecular flexibility index (Phi) is 4.31. The van der Waals surface area contributed by atoms with Crippen LogP contribution in [0.3, 0.4) is 0 Å². The summed E-state index contributed by atoms with van der Waals surface area (Å²) < 4.78 is 8.28. The Morgan fingerprint density at radius 1 is 1.30 bits per heavy atom. The molecule has 2 aromatic rings. The van der Waals surface area contributed by atoms with Crippen LogP contribution < -0.4 is 5.69 Å². The number of nitrogens with zero attached hydrogens (tertiary/aromatic N) is 2. The Bertz CT molecular complexity index is 785. The summed E-state index contributed by atoms with van der Waals surface area (Å²) in [4.78, 5) is 24.6. The first-order chi connectivity index (χ1) is 11.0. The molecule has 0 unspecified atom stereocenters. The summed E-state index contributed by atoms with van der Waals surface area (Å²) in [7, 11) is 0. The quantitative estimate of drug-likeness (QED) is 0.789. The SMILES string of the molecule is CCOC(=O)Cn1c(C)c(-c2ccc(Cl)cc2)n(C2CC2)c1=O. The first-order valence-electron chi connectivity index (χ1n) is 7.76. The van der Waals surface area contributed by atoms with Gasteiger partial charge in [-0.3, -0.25) is 13.9 Å². The van der Waals surface area contributed by atoms with Gasteiger partial charge in [0.2, 0.25) is 0 Å². The van der Waals surface area contributed by atoms with Gasteiger partial charge in [0.1, 0.15) is 6.54 Å². The lowest BCUT2D eigenvalue weighted by molar-refractivity contribution is -0.143. The molecule has 6 heteroatoms. The number of rotatable bonds is 5. The van der Waals surface area contributed by atoms with Crippen LogP contribution in [0.25, 0.3) is 11.3 Å². The first kappa shape index (κ1) is 15.9. The predicted molar refractivity (Wildman–Crippen MR) is 88.8 cm³/mol. The van der Waals surface area contributed by atoms with Gasteiger partial charge < -0.3 is 4.74 Å². The molecule has 0 saturated heterocycles. The van der Waals surface area contributed by atoms with Crippen molar-refractivity contribution in [3.05, 3.63) is 45.5 Å². The smallest absolute Gasteiger partial charge is 0.329 e. The van der Waals surface area contributed by atoms with E-state index < -0.39 is 5.97 Å². The molecule has 122 valence electrons. The third kappa shape index (κ3) is 3.06. The molecule has 0 bridgehead atoms. The van der Waals surface area contributed by atoms with Gasteiger partial charge in [-0.2, -0.15) is 0 Å². The zero-order valence-electron chi connectivity index (χ0n) is 13.2. The summed E-state index contributed by atoms with van der Waals surface area (Å²) >= 11 is 5.96. The lowest BCUT2D eigenvalue weighted by atomic mass is 10.1. The van der Waals surface area contributed by atoms with Crippen molar-refractivity contribution >= 4 is 17.6 Å². The van der Waals surface area contributed by atoms with Gasteiger partial charge in [0.25, 0.3) is 0 Å². The molecule has 1 fully saturated rings. The fourth-order valence-electron chi connectivity index (χ4n) is 2.82. The standard InChI is InChI=1S/C17H19ClN2O3/c1-3-23-15(21)10-19-11(2)16(12-4-6-13(18)7-5-12)20(17(19)22)14-8-9-14/h4-7,14H,3,8-10H2,1-2H3. The molecule has 5 nitrogen and oxygen atoms in total. The number of carbonyl (C=O) groups is 1. The van der Waals surface area contributed by atoms with Crippen LogP contribution in [0, 0.1) is 6.92 Å². The second-order valence-electron chi connectivity index (χ2n) is 5.72. The number of benzene rings is 1. The van der Waals surface area contributed by atoms with Crippen molar-refractivity contribution in [1.82, 2.24) is 9.13 Å². The molecule has 0 aliphatic heterocycles. The summed E-state index contributed by atoms with van der Waals surface area (Å²) in [5.41, 5.74) is 2.41. The minimum absolute atomic E-state index is 0.0567. The van der Waals surface area contributed by atoms with Crippen molar-refractivity contribution < 1.29 is 9.53 Å². The largest absolute Gasteiger partial charge is 0.465 e. The second-order valence-corrected chi connectivity index (χ2v) is 6.15. The Morgan fingerprint density at radius 2 is 1.96 bits per heavy atom. The van der Waals surface area contributed by atoms with Crippen molar-refractivity contribution in [2.75, 3.05) is 6.61 Å². The normalized spacial score (nSPS) is 14.0. The summed E-state index contributed by atoms with van der Waals surface area (Å²) in [5.74, 6) is -0.395. The predicted octanol–water partition coefficient (Wildman–Crippen LogP) is 3.18. The molecule has 0 N–H and O–H groups in total. The number of carbonyl (C=O) groups excluding carboxylic acids is 1. The number of imidazole rings is 1. The zero-order valence-corrected chi connectivity index (χ0v) is 14.0. The van der Waals surface area contributed by atoms with Gasteiger partial charge in [-0.15, -0.1) is 0 Å². The van der Waals surface area contributed by atoms with Crippen LogP contribution in [-0.2, 0) is 16.1 Å². The highest BCUT2D eigenvalue weighted by atomic mass is 35.5. The average molecular weight is 335 g/mol. The molecule has 1 saturated carbocycles. The maximum Gasteiger partial charge on any atom is 0.329 e. The summed E-state index contributed by atoms with van der Waals surface area (Å²) in [6.07, 6.45) is 1.98. The van der Waals surface area contributed by atoms with E-state index in [1.54, 1.807) is 23.6 Å². The van der Waals surface area contributed by atoms with E-state index in [1.807, 2.05) is 19.1 Å². The Morgan fingerprint density at radius 3 is 2.52 bits per heavy atom. The number of halogens is 1. The van der Waals surface area contributed by atoms with Crippen LogP contribution >= 0.6 is 11.6 Å². The number of hydrogen-bond acceptors (Lipinski definition) is 3. The maximum atomic E-state index is 12.8. The highest BCUT2D eigenvalue weighted by Crippen LogP contribution is 2.38. The van der Waals surface area contributed by atoms with Crippen LogP contribution in [0.5, 0.6) is 0 Å². The van der Waals surface area contributed by atoms with Crippen molar-refractivity contribution in [3.63, 3.8) is 0 Å². The van der Waals surface area contributed by atoms with E-state index >= 15 is 0 Å².